The molecule has 0 aliphatic heterocycles. The number of hydrogen-bond donors (Lipinski definition) is 2. The number of aliphatic hydroxyl groups is 1. The highest BCUT2D eigenvalue weighted by Crippen LogP contribution is 2.09. The van der Waals surface area contributed by atoms with Crippen LogP contribution in [-0.2, 0) is 6.54 Å². The molecule has 84 valence electrons. The fourth-order valence-corrected chi connectivity index (χ4v) is 1.18. The van der Waals surface area contributed by atoms with Gasteiger partial charge in [-0.15, -0.1) is 0 Å². The maximum absolute atomic E-state index is 11.9. The average molecular weight is 236 g/mol. The lowest BCUT2D eigenvalue weighted by Crippen LogP contribution is -2.31. The van der Waals surface area contributed by atoms with Crippen LogP contribution >= 0.6 is 11.6 Å². The van der Waals surface area contributed by atoms with Crippen LogP contribution in [0.4, 0.5) is 8.78 Å². The SMILES string of the molecule is OC(CNCc1ccc(Cl)cc1)C(F)F. The number of alkyl halides is 2. The lowest BCUT2D eigenvalue weighted by atomic mass is 10.2. The van der Waals surface area contributed by atoms with Crippen LogP contribution in [-0.4, -0.2) is 24.2 Å². The number of aliphatic hydroxyl groups excluding tert-OH is 1. The van der Waals surface area contributed by atoms with Crippen LogP contribution in [0.3, 0.4) is 0 Å². The third-order valence-corrected chi connectivity index (χ3v) is 2.14. The van der Waals surface area contributed by atoms with E-state index in [1.807, 2.05) is 0 Å². The molecule has 0 saturated carbocycles. The second kappa shape index (κ2) is 6.00. The Bertz CT molecular complexity index is 292. The summed E-state index contributed by atoms with van der Waals surface area (Å²) in [5.41, 5.74) is 0.931. The molecule has 0 radical (unpaired) electrons. The number of hydrogen-bond acceptors (Lipinski definition) is 2. The summed E-state index contributed by atoms with van der Waals surface area (Å²) >= 11 is 5.68. The maximum atomic E-state index is 11.9. The van der Waals surface area contributed by atoms with Crippen LogP contribution in [0.5, 0.6) is 0 Å². The molecule has 0 bridgehead atoms. The van der Waals surface area contributed by atoms with Crippen LogP contribution in [0.1, 0.15) is 5.56 Å². The third kappa shape index (κ3) is 4.55. The Labute approximate surface area is 91.9 Å². The van der Waals surface area contributed by atoms with Gasteiger partial charge in [-0.3, -0.25) is 0 Å². The van der Waals surface area contributed by atoms with E-state index in [4.69, 9.17) is 16.7 Å². The quantitative estimate of drug-likeness (QED) is 0.819. The predicted molar refractivity (Wildman–Crippen MR) is 55.2 cm³/mol. The molecule has 0 spiro atoms. The molecule has 0 aliphatic rings. The zero-order valence-electron chi connectivity index (χ0n) is 7.96. The van der Waals surface area contributed by atoms with Crippen molar-refractivity contribution >= 4 is 11.6 Å². The zero-order chi connectivity index (χ0) is 11.3. The standard InChI is InChI=1S/C10H12ClF2NO/c11-8-3-1-7(2-4-8)5-14-6-9(15)10(12)13/h1-4,9-10,14-15H,5-6H2. The average Bonchev–Trinajstić information content (AvgIpc) is 2.20. The Morgan fingerprint density at radius 3 is 2.40 bits per heavy atom. The van der Waals surface area contributed by atoms with Gasteiger partial charge in [0.15, 0.2) is 0 Å². The van der Waals surface area contributed by atoms with Crippen LogP contribution in [0.25, 0.3) is 0 Å². The smallest absolute Gasteiger partial charge is 0.265 e. The van der Waals surface area contributed by atoms with Gasteiger partial charge in [0.2, 0.25) is 0 Å². The Balaban J connectivity index is 2.29. The molecule has 1 atom stereocenters. The van der Waals surface area contributed by atoms with E-state index in [0.717, 1.165) is 5.56 Å². The minimum Gasteiger partial charge on any atom is -0.386 e. The molecular weight excluding hydrogens is 224 g/mol. The molecule has 0 aromatic heterocycles. The molecule has 0 heterocycles. The van der Waals surface area contributed by atoms with E-state index in [1.54, 1.807) is 24.3 Å². The lowest BCUT2D eigenvalue weighted by Gasteiger charge is -2.10. The van der Waals surface area contributed by atoms with Crippen LogP contribution in [0.2, 0.25) is 5.02 Å². The molecule has 15 heavy (non-hydrogen) atoms. The monoisotopic (exact) mass is 235 g/mol. The van der Waals surface area contributed by atoms with E-state index >= 15 is 0 Å². The van der Waals surface area contributed by atoms with Gasteiger partial charge in [-0.25, -0.2) is 8.78 Å². The fraction of sp³-hybridized carbons (Fsp3) is 0.400. The highest BCUT2D eigenvalue weighted by Gasteiger charge is 2.15. The summed E-state index contributed by atoms with van der Waals surface area (Å²) in [5.74, 6) is 0. The largest absolute Gasteiger partial charge is 0.386 e. The molecule has 5 heteroatoms. The summed E-state index contributed by atoms with van der Waals surface area (Å²) in [4.78, 5) is 0. The van der Waals surface area contributed by atoms with Crippen molar-refractivity contribution in [2.45, 2.75) is 19.1 Å². The van der Waals surface area contributed by atoms with Crippen molar-refractivity contribution in [3.8, 4) is 0 Å². The molecule has 1 aromatic carbocycles. The van der Waals surface area contributed by atoms with E-state index < -0.39 is 12.5 Å². The topological polar surface area (TPSA) is 32.3 Å². The summed E-state index contributed by atoms with van der Waals surface area (Å²) in [6.45, 7) is 0.307. The number of nitrogens with one attached hydrogen (secondary N) is 1. The third-order valence-electron chi connectivity index (χ3n) is 1.89. The van der Waals surface area contributed by atoms with E-state index in [1.165, 1.54) is 0 Å². The van der Waals surface area contributed by atoms with E-state index in [-0.39, 0.29) is 6.54 Å². The Hall–Kier alpha value is -0.710. The van der Waals surface area contributed by atoms with Gasteiger partial charge >= 0.3 is 0 Å². The second-order valence-electron chi connectivity index (χ2n) is 3.16. The normalized spacial score (nSPS) is 13.1. The van der Waals surface area contributed by atoms with E-state index in [9.17, 15) is 8.78 Å². The van der Waals surface area contributed by atoms with Crippen molar-refractivity contribution in [2.75, 3.05) is 6.54 Å². The number of rotatable bonds is 5. The van der Waals surface area contributed by atoms with E-state index in [2.05, 4.69) is 5.32 Å². The summed E-state index contributed by atoms with van der Waals surface area (Å²) < 4.78 is 23.8. The molecule has 0 aliphatic carbocycles. The molecule has 0 fully saturated rings. The first-order chi connectivity index (χ1) is 7.09. The van der Waals surface area contributed by atoms with Gasteiger partial charge in [0.1, 0.15) is 6.10 Å². The molecule has 1 unspecified atom stereocenters. The molecule has 0 amide bonds. The first kappa shape index (κ1) is 12.4. The maximum Gasteiger partial charge on any atom is 0.265 e. The Kier molecular flexibility index (Phi) is 4.94. The van der Waals surface area contributed by atoms with Crippen LogP contribution in [0.15, 0.2) is 24.3 Å². The van der Waals surface area contributed by atoms with Crippen LogP contribution in [0, 0.1) is 0 Å². The Morgan fingerprint density at radius 1 is 1.27 bits per heavy atom. The van der Waals surface area contributed by atoms with Crippen LogP contribution < -0.4 is 5.32 Å². The van der Waals surface area contributed by atoms with Gasteiger partial charge in [-0.1, -0.05) is 23.7 Å². The molecule has 1 rings (SSSR count). The van der Waals surface area contributed by atoms with Gasteiger partial charge in [0.05, 0.1) is 0 Å². The van der Waals surface area contributed by atoms with Crippen molar-refractivity contribution in [3.05, 3.63) is 34.9 Å². The van der Waals surface area contributed by atoms with Gasteiger partial charge in [-0.05, 0) is 17.7 Å². The number of benzene rings is 1. The van der Waals surface area contributed by atoms with Gasteiger partial charge in [0.25, 0.3) is 6.43 Å². The van der Waals surface area contributed by atoms with Gasteiger partial charge < -0.3 is 10.4 Å². The summed E-state index contributed by atoms with van der Waals surface area (Å²) in [7, 11) is 0. The molecule has 2 N–H and O–H groups in total. The van der Waals surface area contributed by atoms with Crippen molar-refractivity contribution in [3.63, 3.8) is 0 Å². The highest BCUT2D eigenvalue weighted by molar-refractivity contribution is 6.30. The second-order valence-corrected chi connectivity index (χ2v) is 3.60. The van der Waals surface area contributed by atoms with Crippen molar-refractivity contribution in [1.29, 1.82) is 0 Å². The molecule has 1 aromatic rings. The highest BCUT2D eigenvalue weighted by atomic mass is 35.5. The van der Waals surface area contributed by atoms with Crippen molar-refractivity contribution < 1.29 is 13.9 Å². The Morgan fingerprint density at radius 2 is 1.87 bits per heavy atom. The molecule has 0 saturated heterocycles. The van der Waals surface area contributed by atoms with Gasteiger partial charge in [0, 0.05) is 18.1 Å². The predicted octanol–water partition coefficient (Wildman–Crippen LogP) is 2.06. The summed E-state index contributed by atoms with van der Waals surface area (Å²) in [5, 5.41) is 12.2. The lowest BCUT2D eigenvalue weighted by molar-refractivity contribution is -0.00340. The molecular formula is C10H12ClF2NO. The molecule has 2 nitrogen and oxygen atoms in total. The van der Waals surface area contributed by atoms with E-state index in [0.29, 0.717) is 11.6 Å². The first-order valence-electron chi connectivity index (χ1n) is 4.51. The van der Waals surface area contributed by atoms with Crippen molar-refractivity contribution in [2.24, 2.45) is 0 Å². The van der Waals surface area contributed by atoms with Gasteiger partial charge in [-0.2, -0.15) is 0 Å². The summed E-state index contributed by atoms with van der Waals surface area (Å²) in [6, 6.07) is 7.04. The number of halogens is 3. The van der Waals surface area contributed by atoms with Crippen molar-refractivity contribution in [1.82, 2.24) is 5.32 Å². The zero-order valence-corrected chi connectivity index (χ0v) is 8.72. The first-order valence-corrected chi connectivity index (χ1v) is 4.89. The minimum atomic E-state index is -2.71. The summed E-state index contributed by atoms with van der Waals surface area (Å²) in [6.07, 6.45) is -4.32. The fourth-order valence-electron chi connectivity index (χ4n) is 1.06. The minimum absolute atomic E-state index is 0.125.